The van der Waals surface area contributed by atoms with E-state index >= 15 is 0 Å². The van der Waals surface area contributed by atoms with E-state index in [-0.39, 0.29) is 11.9 Å². The number of hydrogen-bond donors (Lipinski definition) is 1. The van der Waals surface area contributed by atoms with Gasteiger partial charge < -0.3 is 15.1 Å². The largest absolute Gasteiger partial charge is 0.337 e. The molecular weight excluding hydrogens is 306 g/mol. The molecule has 3 amide bonds. The lowest BCUT2D eigenvalue weighted by Crippen LogP contribution is -2.44. The third-order valence-electron chi connectivity index (χ3n) is 4.98. The van der Waals surface area contributed by atoms with E-state index in [1.807, 2.05) is 10.9 Å². The fourth-order valence-electron chi connectivity index (χ4n) is 3.19. The summed E-state index contributed by atoms with van der Waals surface area (Å²) in [5.74, 6) is 0.675. The van der Waals surface area contributed by atoms with E-state index in [0.717, 1.165) is 0 Å². The highest BCUT2D eigenvalue weighted by atomic mass is 16.2. The summed E-state index contributed by atoms with van der Waals surface area (Å²) in [7, 11) is 1.66. The Kier molecular flexibility index (Phi) is 4.59. The molecule has 24 heavy (non-hydrogen) atoms. The molecule has 3 rings (SSSR count). The summed E-state index contributed by atoms with van der Waals surface area (Å²) in [4.78, 5) is 27.9. The third-order valence-corrected chi connectivity index (χ3v) is 4.98. The summed E-state index contributed by atoms with van der Waals surface area (Å²) < 4.78 is 1.90. The summed E-state index contributed by atoms with van der Waals surface area (Å²) in [5, 5.41) is 7.17. The second-order valence-corrected chi connectivity index (χ2v) is 6.71. The van der Waals surface area contributed by atoms with E-state index in [2.05, 4.69) is 23.9 Å². The maximum Gasteiger partial charge on any atom is 0.322 e. The normalized spacial score (nSPS) is 21.7. The number of likely N-dealkylation sites (tertiary alicyclic amines) is 1. The molecule has 2 aliphatic rings. The summed E-state index contributed by atoms with van der Waals surface area (Å²) in [5.41, 5.74) is 0.660. The number of hydrogen-bond acceptors (Lipinski definition) is 3. The number of nitrogens with zero attached hydrogens (tertiary/aromatic N) is 4. The van der Waals surface area contributed by atoms with Crippen molar-refractivity contribution in [3.8, 4) is 0 Å². The Morgan fingerprint density at radius 1 is 1.54 bits per heavy atom. The Hall–Kier alpha value is -2.31. The van der Waals surface area contributed by atoms with Gasteiger partial charge in [-0.25, -0.2) is 4.79 Å². The Morgan fingerprint density at radius 3 is 2.96 bits per heavy atom. The van der Waals surface area contributed by atoms with Crippen LogP contribution in [0.4, 0.5) is 10.5 Å². The number of carbonyl (C=O) groups excluding carboxylic acids is 2. The Morgan fingerprint density at radius 2 is 2.29 bits per heavy atom. The van der Waals surface area contributed by atoms with Crippen molar-refractivity contribution in [2.45, 2.75) is 38.3 Å². The van der Waals surface area contributed by atoms with Crippen LogP contribution in [-0.4, -0.2) is 57.7 Å². The zero-order valence-corrected chi connectivity index (χ0v) is 14.3. The highest BCUT2D eigenvalue weighted by Gasteiger charge is 2.36. The molecule has 0 spiro atoms. The van der Waals surface area contributed by atoms with Gasteiger partial charge in [-0.05, 0) is 32.1 Å². The monoisotopic (exact) mass is 331 g/mol. The molecule has 2 atom stereocenters. The van der Waals surface area contributed by atoms with Crippen LogP contribution in [0.15, 0.2) is 25.0 Å². The van der Waals surface area contributed by atoms with Gasteiger partial charge in [-0.3, -0.25) is 9.48 Å². The molecule has 0 bridgehead atoms. The highest BCUT2D eigenvalue weighted by Crippen LogP contribution is 2.39. The van der Waals surface area contributed by atoms with Crippen LogP contribution in [0.5, 0.6) is 0 Å². The van der Waals surface area contributed by atoms with E-state index < -0.39 is 6.04 Å². The van der Waals surface area contributed by atoms with E-state index in [1.165, 1.54) is 17.7 Å². The van der Waals surface area contributed by atoms with Gasteiger partial charge in [-0.15, -0.1) is 6.58 Å². The predicted octanol–water partition coefficient (Wildman–Crippen LogP) is 2.10. The molecule has 7 nitrogen and oxygen atoms in total. The van der Waals surface area contributed by atoms with Crippen LogP contribution in [0.2, 0.25) is 0 Å². The lowest BCUT2D eigenvalue weighted by atomic mass is 10.2. The predicted molar refractivity (Wildman–Crippen MR) is 91.6 cm³/mol. The topological polar surface area (TPSA) is 70.5 Å². The van der Waals surface area contributed by atoms with Crippen LogP contribution in [0, 0.1) is 5.92 Å². The fourth-order valence-corrected chi connectivity index (χ4v) is 3.19. The molecule has 1 saturated carbocycles. The van der Waals surface area contributed by atoms with Crippen LogP contribution in [0.1, 0.15) is 32.2 Å². The molecule has 1 aromatic rings. The van der Waals surface area contributed by atoms with Gasteiger partial charge in [-0.1, -0.05) is 6.08 Å². The smallest absolute Gasteiger partial charge is 0.322 e. The van der Waals surface area contributed by atoms with Crippen molar-refractivity contribution in [1.82, 2.24) is 19.6 Å². The van der Waals surface area contributed by atoms with E-state index in [9.17, 15) is 9.59 Å². The maximum atomic E-state index is 12.4. The quantitative estimate of drug-likeness (QED) is 0.812. The van der Waals surface area contributed by atoms with Gasteiger partial charge in [0.05, 0.1) is 17.9 Å². The first-order valence-corrected chi connectivity index (χ1v) is 8.49. The Balaban J connectivity index is 1.58. The first-order chi connectivity index (χ1) is 11.5. The van der Waals surface area contributed by atoms with Gasteiger partial charge in [-0.2, -0.15) is 5.10 Å². The van der Waals surface area contributed by atoms with Gasteiger partial charge in [0.1, 0.15) is 6.04 Å². The van der Waals surface area contributed by atoms with Gasteiger partial charge in [0.2, 0.25) is 5.91 Å². The number of aromatic nitrogens is 2. The molecule has 2 fully saturated rings. The van der Waals surface area contributed by atoms with Crippen molar-refractivity contribution in [3.63, 3.8) is 0 Å². The SMILES string of the molecule is C=CCN1CC[C@H](N(C)C(=O)Nc2cnn([C@H](C)C3CC3)c2)C1=O. The average Bonchev–Trinajstić information content (AvgIpc) is 3.22. The molecule has 2 heterocycles. The molecule has 7 heteroatoms. The Bertz CT molecular complexity index is 637. The van der Waals surface area contributed by atoms with Crippen molar-refractivity contribution in [1.29, 1.82) is 0 Å². The van der Waals surface area contributed by atoms with Crippen LogP contribution in [-0.2, 0) is 4.79 Å². The van der Waals surface area contributed by atoms with Crippen LogP contribution >= 0.6 is 0 Å². The zero-order chi connectivity index (χ0) is 17.3. The van der Waals surface area contributed by atoms with Crippen LogP contribution < -0.4 is 5.32 Å². The minimum atomic E-state index is -0.412. The maximum absolute atomic E-state index is 12.4. The lowest BCUT2D eigenvalue weighted by Gasteiger charge is -2.23. The zero-order valence-electron chi connectivity index (χ0n) is 14.3. The molecule has 1 aliphatic carbocycles. The molecule has 1 aliphatic heterocycles. The molecular formula is C17H25N5O2. The first kappa shape index (κ1) is 16.5. The second kappa shape index (κ2) is 6.67. The molecule has 130 valence electrons. The standard InChI is InChI=1S/C17H25N5O2/c1-4-8-21-9-7-15(16(21)23)20(3)17(24)19-14-10-18-22(11-14)12(2)13-5-6-13/h4,10-13,15H,1,5-9H2,2-3H3,(H,19,24)/t12-,15+/m1/s1. The number of likely N-dealkylation sites (N-methyl/N-ethyl adjacent to an activating group) is 1. The first-order valence-electron chi connectivity index (χ1n) is 8.49. The summed E-state index contributed by atoms with van der Waals surface area (Å²) in [6.07, 6.45) is 8.36. The third kappa shape index (κ3) is 3.29. The minimum Gasteiger partial charge on any atom is -0.337 e. The molecule has 0 radical (unpaired) electrons. The second-order valence-electron chi connectivity index (χ2n) is 6.71. The van der Waals surface area contributed by atoms with E-state index in [0.29, 0.717) is 37.2 Å². The molecule has 1 aromatic heterocycles. The highest BCUT2D eigenvalue weighted by molar-refractivity contribution is 5.94. The molecule has 1 N–H and O–H groups in total. The van der Waals surface area contributed by atoms with Gasteiger partial charge >= 0.3 is 6.03 Å². The number of nitrogens with one attached hydrogen (secondary N) is 1. The molecule has 1 saturated heterocycles. The van der Waals surface area contributed by atoms with Crippen LogP contribution in [0.3, 0.4) is 0 Å². The Labute approximate surface area is 142 Å². The number of urea groups is 1. The minimum absolute atomic E-state index is 0.0226. The average molecular weight is 331 g/mol. The number of amides is 3. The number of anilines is 1. The lowest BCUT2D eigenvalue weighted by molar-refractivity contribution is -0.130. The summed E-state index contributed by atoms with van der Waals surface area (Å²) in [6.45, 7) is 6.98. The van der Waals surface area contributed by atoms with Gasteiger partial charge in [0.25, 0.3) is 0 Å². The van der Waals surface area contributed by atoms with Crippen molar-refractivity contribution in [3.05, 3.63) is 25.0 Å². The van der Waals surface area contributed by atoms with Crippen LogP contribution in [0.25, 0.3) is 0 Å². The van der Waals surface area contributed by atoms with E-state index in [4.69, 9.17) is 0 Å². The molecule has 0 unspecified atom stereocenters. The number of carbonyl (C=O) groups is 2. The fraction of sp³-hybridized carbons (Fsp3) is 0.588. The van der Waals surface area contributed by atoms with E-state index in [1.54, 1.807) is 24.2 Å². The van der Waals surface area contributed by atoms with Gasteiger partial charge in [0, 0.05) is 26.3 Å². The molecule has 0 aromatic carbocycles. The summed E-state index contributed by atoms with van der Waals surface area (Å²) in [6, 6.07) is -0.338. The van der Waals surface area contributed by atoms with Gasteiger partial charge in [0.15, 0.2) is 0 Å². The van der Waals surface area contributed by atoms with Crippen molar-refractivity contribution in [2.24, 2.45) is 5.92 Å². The van der Waals surface area contributed by atoms with Crippen molar-refractivity contribution < 1.29 is 9.59 Å². The summed E-state index contributed by atoms with van der Waals surface area (Å²) >= 11 is 0. The van der Waals surface area contributed by atoms with Crippen molar-refractivity contribution in [2.75, 3.05) is 25.5 Å². The number of rotatable bonds is 6. The van der Waals surface area contributed by atoms with Crippen molar-refractivity contribution >= 4 is 17.6 Å².